The van der Waals surface area contributed by atoms with Gasteiger partial charge < -0.3 is 10.1 Å². The van der Waals surface area contributed by atoms with Crippen molar-refractivity contribution < 1.29 is 13.9 Å². The van der Waals surface area contributed by atoms with Gasteiger partial charge in [-0.2, -0.15) is 5.26 Å². The fraction of sp³-hybridized carbons (Fsp3) is 0.560. The highest BCUT2D eigenvalue weighted by atomic mass is 19.1. The van der Waals surface area contributed by atoms with Crippen molar-refractivity contribution >= 4 is 16.8 Å². The van der Waals surface area contributed by atoms with Gasteiger partial charge in [0.05, 0.1) is 17.7 Å². The van der Waals surface area contributed by atoms with Crippen molar-refractivity contribution in [3.8, 4) is 11.8 Å². The minimum atomic E-state index is -0.290. The second kappa shape index (κ2) is 6.41. The van der Waals surface area contributed by atoms with Crippen LogP contribution in [0.5, 0.6) is 5.75 Å². The fourth-order valence-corrected chi connectivity index (χ4v) is 7.09. The second-order valence-corrected chi connectivity index (χ2v) is 10.5. The third-order valence-electron chi connectivity index (χ3n) is 8.40. The number of carbonyl (C=O) groups is 1. The molecule has 2 aromatic rings. The highest BCUT2D eigenvalue weighted by Gasteiger charge is 2.68. The van der Waals surface area contributed by atoms with E-state index in [1.54, 1.807) is 12.3 Å². The lowest BCUT2D eigenvalue weighted by Crippen LogP contribution is -2.74. The van der Waals surface area contributed by atoms with Crippen LogP contribution in [-0.2, 0) is 4.79 Å². The van der Waals surface area contributed by atoms with Gasteiger partial charge in [0.25, 0.3) is 0 Å². The number of amides is 1. The molecule has 1 heterocycles. The van der Waals surface area contributed by atoms with E-state index in [9.17, 15) is 9.18 Å². The van der Waals surface area contributed by atoms with Gasteiger partial charge in [-0.1, -0.05) is 6.92 Å². The van der Waals surface area contributed by atoms with Crippen molar-refractivity contribution in [3.05, 3.63) is 36.3 Å². The Balaban J connectivity index is 1.04. The van der Waals surface area contributed by atoms with Gasteiger partial charge >= 0.3 is 0 Å². The van der Waals surface area contributed by atoms with Crippen LogP contribution in [0.1, 0.15) is 45.4 Å². The minimum absolute atomic E-state index is 0.0183. The summed E-state index contributed by atoms with van der Waals surface area (Å²) in [4.78, 5) is 17.1. The maximum atomic E-state index is 13.7. The van der Waals surface area contributed by atoms with Gasteiger partial charge in [-0.15, -0.1) is 0 Å². The number of halogens is 1. The molecule has 160 valence electrons. The minimum Gasteiger partial charge on any atom is -0.490 e. The smallest absolute Gasteiger partial charge is 0.223 e. The molecule has 2 bridgehead atoms. The lowest BCUT2D eigenvalue weighted by Gasteiger charge is -2.70. The quantitative estimate of drug-likeness (QED) is 0.755. The molecular formula is C25H26FN3O2. The van der Waals surface area contributed by atoms with Gasteiger partial charge in [-0.05, 0) is 79.5 Å². The van der Waals surface area contributed by atoms with Crippen LogP contribution < -0.4 is 10.1 Å². The van der Waals surface area contributed by atoms with Crippen LogP contribution in [0.15, 0.2) is 30.5 Å². The molecule has 5 fully saturated rings. The number of fused-ring (bicyclic) bond motifs is 2. The molecule has 5 aliphatic carbocycles. The number of pyridine rings is 1. The normalized spacial score (nSPS) is 37.7. The number of rotatable bonds is 6. The molecule has 6 heteroatoms. The summed E-state index contributed by atoms with van der Waals surface area (Å²) in [5.41, 5.74) is 0.914. The predicted octanol–water partition coefficient (Wildman–Crippen LogP) is 4.37. The first kappa shape index (κ1) is 19.0. The van der Waals surface area contributed by atoms with Gasteiger partial charge in [-0.3, -0.25) is 9.78 Å². The SMILES string of the molecule is CC(C(=O)NC12CC(CC#N)(C1)C2)[C@H]1[C@@H]2C[C@@H](Oc3ccnc4ccc(F)cc34)C[C@@H]21. The lowest BCUT2D eigenvalue weighted by molar-refractivity contribution is -0.165. The number of carbonyl (C=O) groups excluding carboxylic acids is 1. The number of aromatic nitrogens is 1. The second-order valence-electron chi connectivity index (χ2n) is 10.5. The standard InChI is InChI=1S/C25H26FN3O2/c1-14(23(30)29-25-11-24(12-25,13-25)5-6-27)22-17-9-16(10-18(17)22)31-21-4-7-28-20-3-2-15(26)8-19(20)21/h2-4,7-8,14,16-18,22H,5,9-13H2,1H3,(H,29,30)/t14?,16-,17-,18+,22+,24?,25?. The topological polar surface area (TPSA) is 75.0 Å². The molecular weight excluding hydrogens is 393 g/mol. The van der Waals surface area contributed by atoms with Gasteiger partial charge in [-0.25, -0.2) is 4.39 Å². The Morgan fingerprint density at radius 1 is 1.32 bits per heavy atom. The average Bonchev–Trinajstić information content (AvgIpc) is 3.19. The summed E-state index contributed by atoms with van der Waals surface area (Å²) >= 11 is 0. The maximum Gasteiger partial charge on any atom is 0.223 e. The predicted molar refractivity (Wildman–Crippen MR) is 112 cm³/mol. The molecule has 5 nitrogen and oxygen atoms in total. The van der Waals surface area contributed by atoms with Gasteiger partial charge in [0.2, 0.25) is 5.91 Å². The first-order valence-corrected chi connectivity index (χ1v) is 11.3. The number of nitrogens with zero attached hydrogens (tertiary/aromatic N) is 2. The van der Waals surface area contributed by atoms with Crippen LogP contribution in [0, 0.1) is 46.2 Å². The Labute approximate surface area is 181 Å². The van der Waals surface area contributed by atoms with E-state index >= 15 is 0 Å². The van der Waals surface area contributed by atoms with Crippen molar-refractivity contribution in [2.24, 2.45) is 29.1 Å². The third kappa shape index (κ3) is 2.93. The zero-order valence-corrected chi connectivity index (χ0v) is 17.6. The molecule has 1 unspecified atom stereocenters. The van der Waals surface area contributed by atoms with Crippen molar-refractivity contribution in [2.45, 2.75) is 57.1 Å². The van der Waals surface area contributed by atoms with E-state index in [0.717, 1.165) is 37.6 Å². The van der Waals surface area contributed by atoms with Crippen molar-refractivity contribution in [1.29, 1.82) is 5.26 Å². The van der Waals surface area contributed by atoms with Gasteiger partial charge in [0.15, 0.2) is 0 Å². The molecule has 1 N–H and O–H groups in total. The molecule has 1 aromatic carbocycles. The Bertz CT molecular complexity index is 1090. The van der Waals surface area contributed by atoms with Crippen LogP contribution in [0.3, 0.4) is 0 Å². The van der Waals surface area contributed by atoms with E-state index in [1.165, 1.54) is 12.1 Å². The van der Waals surface area contributed by atoms with E-state index in [2.05, 4.69) is 23.3 Å². The van der Waals surface area contributed by atoms with Crippen LogP contribution in [0.2, 0.25) is 0 Å². The summed E-state index contributed by atoms with van der Waals surface area (Å²) in [6, 6.07) is 8.66. The maximum absolute atomic E-state index is 13.7. The molecule has 5 atom stereocenters. The molecule has 0 aliphatic heterocycles. The van der Waals surface area contributed by atoms with Crippen LogP contribution in [0.25, 0.3) is 10.9 Å². The molecule has 1 amide bonds. The summed E-state index contributed by atoms with van der Waals surface area (Å²) in [5, 5.41) is 12.9. The highest BCUT2D eigenvalue weighted by molar-refractivity contribution is 5.84. The van der Waals surface area contributed by atoms with Crippen molar-refractivity contribution in [2.75, 3.05) is 0 Å². The molecule has 7 rings (SSSR count). The van der Waals surface area contributed by atoms with E-state index in [-0.39, 0.29) is 34.7 Å². The molecule has 5 aliphatic rings. The fourth-order valence-electron chi connectivity index (χ4n) is 7.09. The monoisotopic (exact) mass is 419 g/mol. The highest BCUT2D eigenvalue weighted by Crippen LogP contribution is 2.69. The van der Waals surface area contributed by atoms with E-state index in [0.29, 0.717) is 35.3 Å². The first-order chi connectivity index (χ1) is 14.9. The first-order valence-electron chi connectivity index (χ1n) is 11.3. The number of benzene rings is 1. The van der Waals surface area contributed by atoms with E-state index in [4.69, 9.17) is 10.00 Å². The summed E-state index contributed by atoms with van der Waals surface area (Å²) < 4.78 is 19.9. The molecule has 0 saturated heterocycles. The Morgan fingerprint density at radius 3 is 2.77 bits per heavy atom. The Kier molecular flexibility index (Phi) is 3.94. The molecule has 31 heavy (non-hydrogen) atoms. The number of hydrogen-bond acceptors (Lipinski definition) is 4. The number of ether oxygens (including phenoxy) is 1. The molecule has 0 radical (unpaired) electrons. The lowest BCUT2D eigenvalue weighted by atomic mass is 9.38. The van der Waals surface area contributed by atoms with E-state index in [1.807, 2.05) is 6.07 Å². The third-order valence-corrected chi connectivity index (χ3v) is 8.40. The Hall–Kier alpha value is -2.68. The molecule has 1 aromatic heterocycles. The number of hydrogen-bond donors (Lipinski definition) is 1. The van der Waals surface area contributed by atoms with Crippen LogP contribution >= 0.6 is 0 Å². The van der Waals surface area contributed by atoms with Crippen LogP contribution in [0.4, 0.5) is 4.39 Å². The summed E-state index contributed by atoms with van der Waals surface area (Å²) in [5.74, 6) is 2.11. The van der Waals surface area contributed by atoms with Gasteiger partial charge in [0.1, 0.15) is 11.6 Å². The largest absolute Gasteiger partial charge is 0.490 e. The summed E-state index contributed by atoms with van der Waals surface area (Å²) in [6.45, 7) is 2.06. The number of nitriles is 1. The van der Waals surface area contributed by atoms with E-state index < -0.39 is 0 Å². The van der Waals surface area contributed by atoms with Gasteiger partial charge in [0, 0.05) is 29.5 Å². The van der Waals surface area contributed by atoms with Crippen molar-refractivity contribution in [3.63, 3.8) is 0 Å². The van der Waals surface area contributed by atoms with Crippen molar-refractivity contribution in [1.82, 2.24) is 10.3 Å². The number of nitrogens with one attached hydrogen (secondary N) is 1. The molecule has 5 saturated carbocycles. The zero-order chi connectivity index (χ0) is 21.4. The zero-order valence-electron chi connectivity index (χ0n) is 17.6. The summed E-state index contributed by atoms with van der Waals surface area (Å²) in [6.07, 6.45) is 7.24. The Morgan fingerprint density at radius 2 is 2.06 bits per heavy atom. The molecule has 0 spiro atoms. The van der Waals surface area contributed by atoms with Crippen LogP contribution in [-0.4, -0.2) is 22.5 Å². The summed E-state index contributed by atoms with van der Waals surface area (Å²) in [7, 11) is 0. The average molecular weight is 420 g/mol.